The van der Waals surface area contributed by atoms with Crippen LogP contribution in [0.5, 0.6) is 0 Å². The monoisotopic (exact) mass is 304 g/mol. The zero-order chi connectivity index (χ0) is 15.4. The van der Waals surface area contributed by atoms with E-state index in [0.29, 0.717) is 31.3 Å². The average Bonchev–Trinajstić information content (AvgIpc) is 3.02. The van der Waals surface area contributed by atoms with E-state index in [-0.39, 0.29) is 6.10 Å². The third-order valence-corrected chi connectivity index (χ3v) is 3.71. The fraction of sp³-hybridized carbons (Fsp3) is 0.533. The number of nitrogens with zero attached hydrogens (tertiary/aromatic N) is 4. The molecule has 2 aromatic rings. The molecule has 3 heterocycles. The lowest BCUT2D eigenvalue weighted by molar-refractivity contribution is 0.154. The number of pyridine rings is 1. The van der Waals surface area contributed by atoms with Gasteiger partial charge in [-0.05, 0) is 25.0 Å². The highest BCUT2D eigenvalue weighted by Crippen LogP contribution is 2.22. The van der Waals surface area contributed by atoms with Crippen LogP contribution >= 0.6 is 0 Å². The molecule has 118 valence electrons. The first-order valence-corrected chi connectivity index (χ1v) is 7.47. The normalized spacial score (nSPS) is 18.6. The number of hydrogen-bond donors (Lipinski definition) is 1. The number of aromatic nitrogens is 3. The van der Waals surface area contributed by atoms with E-state index in [9.17, 15) is 5.11 Å². The molecule has 0 radical (unpaired) electrons. The van der Waals surface area contributed by atoms with Crippen LogP contribution < -0.4 is 4.90 Å². The Morgan fingerprint density at radius 1 is 1.45 bits per heavy atom. The lowest BCUT2D eigenvalue weighted by atomic mass is 10.1. The van der Waals surface area contributed by atoms with Crippen molar-refractivity contribution in [2.24, 2.45) is 0 Å². The molecule has 0 aromatic carbocycles. The second-order valence-electron chi connectivity index (χ2n) is 5.41. The SMILES string of the molecule is COCCc1noc(-c2ccc(N3CCCC(O)C3)nc2)n1. The maximum atomic E-state index is 9.73. The number of methoxy groups -OCH3 is 1. The van der Waals surface area contributed by atoms with E-state index in [1.54, 1.807) is 13.3 Å². The largest absolute Gasteiger partial charge is 0.391 e. The number of piperidine rings is 1. The van der Waals surface area contributed by atoms with Crippen molar-refractivity contribution in [1.29, 1.82) is 0 Å². The Balaban J connectivity index is 1.69. The Hall–Kier alpha value is -1.99. The first-order valence-electron chi connectivity index (χ1n) is 7.47. The molecule has 1 saturated heterocycles. The highest BCUT2D eigenvalue weighted by atomic mass is 16.5. The van der Waals surface area contributed by atoms with Gasteiger partial charge >= 0.3 is 0 Å². The minimum Gasteiger partial charge on any atom is -0.391 e. The van der Waals surface area contributed by atoms with Crippen molar-refractivity contribution < 1.29 is 14.4 Å². The van der Waals surface area contributed by atoms with Crippen molar-refractivity contribution in [2.45, 2.75) is 25.4 Å². The summed E-state index contributed by atoms with van der Waals surface area (Å²) < 4.78 is 10.2. The van der Waals surface area contributed by atoms with Crippen LogP contribution in [0, 0.1) is 0 Å². The summed E-state index contributed by atoms with van der Waals surface area (Å²) in [5.74, 6) is 1.95. The summed E-state index contributed by atoms with van der Waals surface area (Å²) in [6.07, 6.45) is 3.92. The molecule has 1 N–H and O–H groups in total. The average molecular weight is 304 g/mol. The molecule has 0 aliphatic carbocycles. The van der Waals surface area contributed by atoms with Gasteiger partial charge in [0.2, 0.25) is 0 Å². The molecule has 2 aromatic heterocycles. The smallest absolute Gasteiger partial charge is 0.259 e. The molecule has 0 spiro atoms. The Morgan fingerprint density at radius 3 is 3.09 bits per heavy atom. The topological polar surface area (TPSA) is 84.5 Å². The van der Waals surface area contributed by atoms with Crippen LogP contribution in [-0.4, -0.2) is 53.1 Å². The second kappa shape index (κ2) is 6.85. The quantitative estimate of drug-likeness (QED) is 0.890. The van der Waals surface area contributed by atoms with Gasteiger partial charge in [0.25, 0.3) is 5.89 Å². The Morgan fingerprint density at radius 2 is 2.36 bits per heavy atom. The van der Waals surface area contributed by atoms with E-state index in [0.717, 1.165) is 30.8 Å². The molecule has 7 heteroatoms. The van der Waals surface area contributed by atoms with E-state index >= 15 is 0 Å². The van der Waals surface area contributed by atoms with E-state index in [4.69, 9.17) is 9.26 Å². The molecule has 22 heavy (non-hydrogen) atoms. The summed E-state index contributed by atoms with van der Waals surface area (Å²) in [5, 5.41) is 13.6. The number of ether oxygens (including phenoxy) is 1. The summed E-state index contributed by atoms with van der Waals surface area (Å²) in [7, 11) is 1.64. The summed E-state index contributed by atoms with van der Waals surface area (Å²) in [4.78, 5) is 10.9. The number of hydrogen-bond acceptors (Lipinski definition) is 7. The maximum absolute atomic E-state index is 9.73. The molecular weight excluding hydrogens is 284 g/mol. The van der Waals surface area contributed by atoms with Crippen molar-refractivity contribution >= 4 is 5.82 Å². The molecular formula is C15H20N4O3. The number of rotatable bonds is 5. The lowest BCUT2D eigenvalue weighted by Crippen LogP contribution is -2.38. The van der Waals surface area contributed by atoms with Crippen molar-refractivity contribution in [3.8, 4) is 11.5 Å². The van der Waals surface area contributed by atoms with Crippen molar-refractivity contribution in [2.75, 3.05) is 31.7 Å². The maximum Gasteiger partial charge on any atom is 0.259 e. The zero-order valence-electron chi connectivity index (χ0n) is 12.6. The van der Waals surface area contributed by atoms with Crippen molar-refractivity contribution in [1.82, 2.24) is 15.1 Å². The van der Waals surface area contributed by atoms with Crippen LogP contribution in [0.1, 0.15) is 18.7 Å². The Kier molecular flexibility index (Phi) is 4.65. The molecule has 0 saturated carbocycles. The van der Waals surface area contributed by atoms with Crippen LogP contribution in [0.3, 0.4) is 0 Å². The van der Waals surface area contributed by atoms with Gasteiger partial charge in [-0.1, -0.05) is 5.16 Å². The van der Waals surface area contributed by atoms with Gasteiger partial charge in [-0.3, -0.25) is 0 Å². The molecule has 1 aliphatic heterocycles. The van der Waals surface area contributed by atoms with Gasteiger partial charge in [-0.2, -0.15) is 4.98 Å². The highest BCUT2D eigenvalue weighted by Gasteiger charge is 2.19. The fourth-order valence-electron chi connectivity index (χ4n) is 2.53. The second-order valence-corrected chi connectivity index (χ2v) is 5.41. The number of β-amino-alcohol motifs (C(OH)–C–C–N with tert-alkyl or cyclic N) is 1. The zero-order valence-corrected chi connectivity index (χ0v) is 12.6. The van der Waals surface area contributed by atoms with Crippen LogP contribution in [-0.2, 0) is 11.2 Å². The number of aliphatic hydroxyl groups is 1. The molecule has 0 amide bonds. The third kappa shape index (κ3) is 3.42. The van der Waals surface area contributed by atoms with Gasteiger partial charge in [0.1, 0.15) is 5.82 Å². The Bertz CT molecular complexity index is 599. The Labute approximate surface area is 128 Å². The van der Waals surface area contributed by atoms with Crippen LogP contribution in [0.15, 0.2) is 22.9 Å². The molecule has 0 bridgehead atoms. The van der Waals surface area contributed by atoms with Gasteiger partial charge in [-0.25, -0.2) is 4.98 Å². The van der Waals surface area contributed by atoms with E-state index in [2.05, 4.69) is 20.0 Å². The van der Waals surface area contributed by atoms with Gasteiger partial charge in [-0.15, -0.1) is 0 Å². The number of aliphatic hydroxyl groups excluding tert-OH is 1. The summed E-state index contributed by atoms with van der Waals surface area (Å²) in [6, 6.07) is 3.84. The summed E-state index contributed by atoms with van der Waals surface area (Å²) >= 11 is 0. The molecule has 1 atom stereocenters. The summed E-state index contributed by atoms with van der Waals surface area (Å²) in [6.45, 7) is 2.12. The molecule has 1 unspecified atom stereocenters. The van der Waals surface area contributed by atoms with E-state index in [1.807, 2.05) is 12.1 Å². The molecule has 3 rings (SSSR count). The van der Waals surface area contributed by atoms with Crippen LogP contribution in [0.4, 0.5) is 5.82 Å². The van der Waals surface area contributed by atoms with Gasteiger partial charge in [0.15, 0.2) is 5.82 Å². The first kappa shape index (κ1) is 14.9. The van der Waals surface area contributed by atoms with E-state index in [1.165, 1.54) is 0 Å². The van der Waals surface area contributed by atoms with Crippen molar-refractivity contribution in [3.63, 3.8) is 0 Å². The molecule has 1 fully saturated rings. The van der Waals surface area contributed by atoms with Gasteiger partial charge < -0.3 is 19.3 Å². The minimum atomic E-state index is -0.269. The van der Waals surface area contributed by atoms with Gasteiger partial charge in [0.05, 0.1) is 18.3 Å². The highest BCUT2D eigenvalue weighted by molar-refractivity contribution is 5.54. The third-order valence-electron chi connectivity index (χ3n) is 3.71. The van der Waals surface area contributed by atoms with E-state index < -0.39 is 0 Å². The fourth-order valence-corrected chi connectivity index (χ4v) is 2.53. The first-order chi connectivity index (χ1) is 10.8. The minimum absolute atomic E-state index is 0.269. The molecule has 1 aliphatic rings. The molecule has 7 nitrogen and oxygen atoms in total. The van der Waals surface area contributed by atoms with Crippen molar-refractivity contribution in [3.05, 3.63) is 24.2 Å². The predicted molar refractivity (Wildman–Crippen MR) is 80.6 cm³/mol. The van der Waals surface area contributed by atoms with Crippen LogP contribution in [0.25, 0.3) is 11.5 Å². The number of anilines is 1. The van der Waals surface area contributed by atoms with Crippen LogP contribution in [0.2, 0.25) is 0 Å². The summed E-state index contributed by atoms with van der Waals surface area (Å²) in [5.41, 5.74) is 0.789. The predicted octanol–water partition coefficient (Wildman–Crippen LogP) is 1.28. The standard InChI is InChI=1S/C15H20N4O3/c1-21-8-6-13-17-15(22-18-13)11-4-5-14(16-9-11)19-7-2-3-12(20)10-19/h4-5,9,12,20H,2-3,6-8,10H2,1H3. The van der Waals surface area contributed by atoms with Gasteiger partial charge in [0, 0.05) is 32.8 Å². The lowest BCUT2D eigenvalue weighted by Gasteiger charge is -2.30.